The molecule has 29 heavy (non-hydrogen) atoms. The fraction of sp³-hybridized carbons (Fsp3) is 0.250. The molecular weight excluding hydrogens is 397 g/mol. The molecule has 2 N–H and O–H groups in total. The summed E-state index contributed by atoms with van der Waals surface area (Å²) >= 11 is 0. The van der Waals surface area contributed by atoms with Crippen LogP contribution in [-0.2, 0) is 13.0 Å². The number of rotatable bonds is 4. The van der Waals surface area contributed by atoms with Crippen molar-refractivity contribution in [2.45, 2.75) is 19.9 Å². The molecule has 0 saturated carbocycles. The summed E-state index contributed by atoms with van der Waals surface area (Å²) in [6.07, 6.45) is 0.595. The van der Waals surface area contributed by atoms with E-state index in [0.29, 0.717) is 24.2 Å². The quantitative estimate of drug-likeness (QED) is 0.682. The van der Waals surface area contributed by atoms with Crippen LogP contribution in [0.1, 0.15) is 27.3 Å². The normalized spacial score (nSPS) is 12.7. The van der Waals surface area contributed by atoms with Crippen LogP contribution in [0.15, 0.2) is 36.4 Å². The molecule has 152 valence electrons. The summed E-state index contributed by atoms with van der Waals surface area (Å²) in [4.78, 5) is 12.7. The van der Waals surface area contributed by atoms with E-state index in [-0.39, 0.29) is 29.6 Å². The van der Waals surface area contributed by atoms with E-state index < -0.39 is 5.91 Å². The topological polar surface area (TPSA) is 81.1 Å². The minimum absolute atomic E-state index is 0. The predicted molar refractivity (Wildman–Crippen MR) is 110 cm³/mol. The van der Waals surface area contributed by atoms with Gasteiger partial charge in [0.15, 0.2) is 5.69 Å². The third kappa shape index (κ3) is 3.94. The van der Waals surface area contributed by atoms with Crippen molar-refractivity contribution in [2.24, 2.45) is 0 Å². The molecule has 1 aliphatic rings. The van der Waals surface area contributed by atoms with Crippen LogP contribution in [0, 0.1) is 12.7 Å². The van der Waals surface area contributed by atoms with Crippen LogP contribution in [0.5, 0.6) is 5.75 Å². The molecule has 1 aromatic heterocycles. The Balaban J connectivity index is 0.00000240. The highest BCUT2D eigenvalue weighted by molar-refractivity contribution is 6.03. The summed E-state index contributed by atoms with van der Waals surface area (Å²) in [5.41, 5.74) is 3.18. The van der Waals surface area contributed by atoms with Gasteiger partial charge in [-0.15, -0.1) is 17.5 Å². The molecular formula is C20H21ClFN5O2. The number of methoxy groups -OCH3 is 1. The zero-order valence-corrected chi connectivity index (χ0v) is 16.8. The SMILES string of the molecule is COc1ccc(-n2nnc(C(=O)Nc3ccc4c(c3F)CCNC4)c2C)cc1.Cl. The summed E-state index contributed by atoms with van der Waals surface area (Å²) in [6.45, 7) is 3.10. The number of aromatic nitrogens is 3. The molecule has 0 radical (unpaired) electrons. The number of carbonyl (C=O) groups is 1. The largest absolute Gasteiger partial charge is 0.497 e. The van der Waals surface area contributed by atoms with E-state index in [9.17, 15) is 9.18 Å². The Hall–Kier alpha value is -2.97. The molecule has 3 aromatic rings. The van der Waals surface area contributed by atoms with Gasteiger partial charge in [0.05, 0.1) is 24.2 Å². The summed E-state index contributed by atoms with van der Waals surface area (Å²) in [5, 5.41) is 13.9. The number of fused-ring (bicyclic) bond motifs is 1. The van der Waals surface area contributed by atoms with Crippen molar-refractivity contribution in [3.05, 3.63) is 64.7 Å². The van der Waals surface area contributed by atoms with Gasteiger partial charge in [-0.3, -0.25) is 4.79 Å². The maximum atomic E-state index is 14.8. The van der Waals surface area contributed by atoms with Gasteiger partial charge in [-0.05, 0) is 61.3 Å². The van der Waals surface area contributed by atoms with Crippen molar-refractivity contribution in [2.75, 3.05) is 19.0 Å². The highest BCUT2D eigenvalue weighted by atomic mass is 35.5. The van der Waals surface area contributed by atoms with E-state index >= 15 is 0 Å². The number of nitrogens with zero attached hydrogens (tertiary/aromatic N) is 3. The highest BCUT2D eigenvalue weighted by Gasteiger charge is 2.21. The Kier molecular flexibility index (Phi) is 6.14. The number of anilines is 1. The van der Waals surface area contributed by atoms with Gasteiger partial charge in [0.1, 0.15) is 11.6 Å². The average Bonchev–Trinajstić information content (AvgIpc) is 3.12. The van der Waals surface area contributed by atoms with Gasteiger partial charge in [0.25, 0.3) is 5.91 Å². The molecule has 9 heteroatoms. The zero-order valence-electron chi connectivity index (χ0n) is 16.0. The number of carbonyl (C=O) groups excluding carboxylic acids is 1. The van der Waals surface area contributed by atoms with E-state index in [1.54, 1.807) is 36.9 Å². The van der Waals surface area contributed by atoms with Crippen molar-refractivity contribution >= 4 is 24.0 Å². The molecule has 0 atom stereocenters. The Labute approximate surface area is 173 Å². The van der Waals surface area contributed by atoms with Gasteiger partial charge in [0, 0.05) is 6.54 Å². The van der Waals surface area contributed by atoms with Gasteiger partial charge < -0.3 is 15.4 Å². The van der Waals surface area contributed by atoms with E-state index in [2.05, 4.69) is 20.9 Å². The number of halogens is 2. The lowest BCUT2D eigenvalue weighted by Gasteiger charge is -2.19. The fourth-order valence-corrected chi connectivity index (χ4v) is 3.32. The maximum absolute atomic E-state index is 14.8. The van der Waals surface area contributed by atoms with Crippen LogP contribution >= 0.6 is 12.4 Å². The average molecular weight is 418 g/mol. The van der Waals surface area contributed by atoms with Crippen LogP contribution in [0.25, 0.3) is 5.69 Å². The Bertz CT molecular complexity index is 1040. The lowest BCUT2D eigenvalue weighted by molar-refractivity contribution is 0.102. The van der Waals surface area contributed by atoms with E-state index in [1.165, 1.54) is 0 Å². The van der Waals surface area contributed by atoms with Crippen molar-refractivity contribution < 1.29 is 13.9 Å². The van der Waals surface area contributed by atoms with Crippen molar-refractivity contribution in [3.8, 4) is 11.4 Å². The predicted octanol–water partition coefficient (Wildman–Crippen LogP) is 3.04. The zero-order chi connectivity index (χ0) is 19.7. The van der Waals surface area contributed by atoms with E-state index in [0.717, 1.165) is 23.5 Å². The molecule has 2 aromatic carbocycles. The molecule has 0 spiro atoms. The second-order valence-electron chi connectivity index (χ2n) is 6.58. The van der Waals surface area contributed by atoms with Crippen LogP contribution in [0.3, 0.4) is 0 Å². The maximum Gasteiger partial charge on any atom is 0.278 e. The standard InChI is InChI=1S/C20H20FN5O2.ClH/c1-12-19(24-25-26(12)14-4-6-15(28-2)7-5-14)20(27)23-17-8-3-13-11-22-10-9-16(13)18(17)21;/h3-8,22H,9-11H2,1-2H3,(H,23,27);1H. The molecule has 0 saturated heterocycles. The molecule has 1 amide bonds. The summed E-state index contributed by atoms with van der Waals surface area (Å²) in [7, 11) is 1.59. The molecule has 0 fully saturated rings. The minimum atomic E-state index is -0.495. The van der Waals surface area contributed by atoms with Crippen LogP contribution < -0.4 is 15.4 Å². The van der Waals surface area contributed by atoms with Gasteiger partial charge in [-0.1, -0.05) is 11.3 Å². The van der Waals surface area contributed by atoms with Gasteiger partial charge in [-0.2, -0.15) is 0 Å². The number of hydrogen-bond acceptors (Lipinski definition) is 5. The first-order valence-corrected chi connectivity index (χ1v) is 8.97. The molecule has 1 aliphatic heterocycles. The lowest BCUT2D eigenvalue weighted by atomic mass is 9.99. The molecule has 2 heterocycles. The van der Waals surface area contributed by atoms with Crippen LogP contribution in [0.4, 0.5) is 10.1 Å². The van der Waals surface area contributed by atoms with E-state index in [4.69, 9.17) is 4.74 Å². The van der Waals surface area contributed by atoms with Crippen LogP contribution in [-0.4, -0.2) is 34.6 Å². The number of hydrogen-bond donors (Lipinski definition) is 2. The Morgan fingerprint density at radius 2 is 2.00 bits per heavy atom. The second-order valence-corrected chi connectivity index (χ2v) is 6.58. The van der Waals surface area contributed by atoms with Crippen LogP contribution in [0.2, 0.25) is 0 Å². The van der Waals surface area contributed by atoms with E-state index in [1.807, 2.05) is 18.2 Å². The molecule has 0 bridgehead atoms. The first-order chi connectivity index (χ1) is 13.6. The number of ether oxygens (including phenoxy) is 1. The van der Waals surface area contributed by atoms with Gasteiger partial charge in [0.2, 0.25) is 0 Å². The highest BCUT2D eigenvalue weighted by Crippen LogP contribution is 2.25. The monoisotopic (exact) mass is 417 g/mol. The molecule has 4 rings (SSSR count). The lowest BCUT2D eigenvalue weighted by Crippen LogP contribution is -2.25. The third-order valence-electron chi connectivity index (χ3n) is 4.88. The summed E-state index contributed by atoms with van der Waals surface area (Å²) in [5.74, 6) is -0.157. The smallest absolute Gasteiger partial charge is 0.278 e. The molecule has 0 aliphatic carbocycles. The Morgan fingerprint density at radius 1 is 1.24 bits per heavy atom. The third-order valence-corrected chi connectivity index (χ3v) is 4.88. The van der Waals surface area contributed by atoms with Crippen molar-refractivity contribution in [3.63, 3.8) is 0 Å². The fourth-order valence-electron chi connectivity index (χ4n) is 3.32. The van der Waals surface area contributed by atoms with Crippen molar-refractivity contribution in [1.29, 1.82) is 0 Å². The summed E-state index contributed by atoms with van der Waals surface area (Å²) in [6, 6.07) is 10.7. The molecule has 0 unspecified atom stereocenters. The molecule has 7 nitrogen and oxygen atoms in total. The minimum Gasteiger partial charge on any atom is -0.497 e. The van der Waals surface area contributed by atoms with Crippen molar-refractivity contribution in [1.82, 2.24) is 20.3 Å². The summed E-state index contributed by atoms with van der Waals surface area (Å²) < 4.78 is 21.5. The van der Waals surface area contributed by atoms with Gasteiger partial charge in [-0.25, -0.2) is 9.07 Å². The second kappa shape index (κ2) is 8.59. The number of nitrogens with one attached hydrogen (secondary N) is 2. The number of amides is 1. The van der Waals surface area contributed by atoms with Gasteiger partial charge >= 0.3 is 0 Å². The first kappa shape index (κ1) is 20.8. The first-order valence-electron chi connectivity index (χ1n) is 8.97. The number of benzene rings is 2. The Morgan fingerprint density at radius 3 is 2.72 bits per heavy atom.